The van der Waals surface area contributed by atoms with Crippen molar-refractivity contribution in [3.63, 3.8) is 0 Å². The molecule has 3 heteroatoms. The summed E-state index contributed by atoms with van der Waals surface area (Å²) in [5.74, 6) is 0. The highest BCUT2D eigenvalue weighted by Crippen LogP contribution is 2.34. The number of H-pyrrole nitrogens is 1. The van der Waals surface area contributed by atoms with Crippen molar-refractivity contribution in [1.29, 1.82) is 0 Å². The normalized spacial score (nSPS) is 11.8. The number of benzene rings is 2. The van der Waals surface area contributed by atoms with Crippen molar-refractivity contribution in [2.75, 3.05) is 0 Å². The fourth-order valence-electron chi connectivity index (χ4n) is 2.31. The van der Waals surface area contributed by atoms with E-state index in [9.17, 15) is 0 Å². The number of hydrogen-bond acceptors (Lipinski definition) is 1. The minimum Gasteiger partial charge on any atom is -0.454 e. The minimum atomic E-state index is 0.917. The van der Waals surface area contributed by atoms with Crippen molar-refractivity contribution in [2.24, 2.45) is 0 Å². The summed E-state index contributed by atoms with van der Waals surface area (Å²) in [4.78, 5) is 3.41. The molecule has 0 spiro atoms. The van der Waals surface area contributed by atoms with E-state index in [2.05, 4.69) is 39.1 Å². The monoisotopic (exact) mass is 285 g/mol. The minimum absolute atomic E-state index is 0.917. The maximum Gasteiger partial charge on any atom is 0.160 e. The number of aromatic amines is 1. The quantitative estimate of drug-likeness (QED) is 0.493. The van der Waals surface area contributed by atoms with Crippen LogP contribution in [-0.2, 0) is 0 Å². The van der Waals surface area contributed by atoms with Crippen molar-refractivity contribution in [1.82, 2.24) is 4.98 Å². The molecule has 0 saturated heterocycles. The zero-order valence-corrected chi connectivity index (χ0v) is 10.4. The molecule has 2 nitrogen and oxygen atoms in total. The molecule has 0 radical (unpaired) electrons. The average molecular weight is 286 g/mol. The molecule has 2 heterocycles. The van der Waals surface area contributed by atoms with E-state index < -0.39 is 0 Å². The van der Waals surface area contributed by atoms with Crippen molar-refractivity contribution < 1.29 is 4.42 Å². The number of aromatic nitrogens is 1. The van der Waals surface area contributed by atoms with Crippen LogP contribution >= 0.6 is 15.9 Å². The molecule has 0 bridgehead atoms. The zero-order valence-electron chi connectivity index (χ0n) is 8.83. The molecule has 1 N–H and O–H groups in total. The second kappa shape index (κ2) is 3.14. The topological polar surface area (TPSA) is 28.9 Å². The van der Waals surface area contributed by atoms with Crippen molar-refractivity contribution in [3.05, 3.63) is 46.9 Å². The van der Waals surface area contributed by atoms with Gasteiger partial charge in [-0.2, -0.15) is 0 Å². The second-order valence-corrected chi connectivity index (χ2v) is 5.03. The van der Waals surface area contributed by atoms with E-state index >= 15 is 0 Å². The van der Waals surface area contributed by atoms with Crippen LogP contribution in [0.1, 0.15) is 0 Å². The van der Waals surface area contributed by atoms with Gasteiger partial charge in [0.25, 0.3) is 0 Å². The maximum atomic E-state index is 5.91. The molecule has 0 aliphatic carbocycles. The van der Waals surface area contributed by atoms with Crippen LogP contribution < -0.4 is 0 Å². The Labute approximate surface area is 105 Å². The van der Waals surface area contributed by atoms with Gasteiger partial charge in [-0.25, -0.2) is 0 Å². The number of para-hydroxylation sites is 1. The molecule has 0 aliphatic heterocycles. The van der Waals surface area contributed by atoms with Gasteiger partial charge in [-0.3, -0.25) is 0 Å². The lowest BCUT2D eigenvalue weighted by molar-refractivity contribution is 0.673. The summed E-state index contributed by atoms with van der Waals surface area (Å²) in [6, 6.07) is 14.3. The molecule has 4 aromatic rings. The molecule has 2 aromatic heterocycles. The lowest BCUT2D eigenvalue weighted by Crippen LogP contribution is -1.69. The van der Waals surface area contributed by atoms with Gasteiger partial charge in [0.2, 0.25) is 0 Å². The first-order chi connectivity index (χ1) is 8.33. The van der Waals surface area contributed by atoms with E-state index in [1.54, 1.807) is 0 Å². The van der Waals surface area contributed by atoms with E-state index in [0.29, 0.717) is 0 Å². The Morgan fingerprint density at radius 3 is 2.82 bits per heavy atom. The van der Waals surface area contributed by atoms with Crippen LogP contribution in [0.2, 0.25) is 0 Å². The molecule has 0 unspecified atom stereocenters. The molecule has 0 amide bonds. The number of furan rings is 1. The predicted octanol–water partition coefficient (Wildman–Crippen LogP) is 4.83. The highest BCUT2D eigenvalue weighted by molar-refractivity contribution is 9.10. The summed E-state index contributed by atoms with van der Waals surface area (Å²) in [7, 11) is 0. The fourth-order valence-corrected chi connectivity index (χ4v) is 2.67. The lowest BCUT2D eigenvalue weighted by atomic mass is 10.2. The standard InChI is InChI=1S/C14H8BrNO/c15-8-5-6-12-10(7-8)13-14(17-12)9-3-1-2-4-11(9)16-13/h1-7,16H. The SMILES string of the molecule is Brc1ccc2oc3c4ccccc4[nH]c3c2c1. The molecular formula is C14H8BrNO. The summed E-state index contributed by atoms with van der Waals surface area (Å²) in [5, 5.41) is 2.25. The third kappa shape index (κ3) is 1.20. The predicted molar refractivity (Wildman–Crippen MR) is 73.3 cm³/mol. The first-order valence-electron chi connectivity index (χ1n) is 5.41. The van der Waals surface area contributed by atoms with Gasteiger partial charge in [-0.05, 0) is 30.3 Å². The van der Waals surface area contributed by atoms with Gasteiger partial charge in [0.05, 0.1) is 5.52 Å². The van der Waals surface area contributed by atoms with E-state index in [0.717, 1.165) is 37.4 Å². The van der Waals surface area contributed by atoms with Crippen LogP contribution in [0.25, 0.3) is 33.0 Å². The summed E-state index contributed by atoms with van der Waals surface area (Å²) in [6.45, 7) is 0. The number of nitrogens with one attached hydrogen (secondary N) is 1. The number of halogens is 1. The molecule has 82 valence electrons. The van der Waals surface area contributed by atoms with Gasteiger partial charge in [0.15, 0.2) is 5.58 Å². The Kier molecular flexibility index (Phi) is 1.72. The Morgan fingerprint density at radius 2 is 1.88 bits per heavy atom. The van der Waals surface area contributed by atoms with E-state index in [-0.39, 0.29) is 0 Å². The summed E-state index contributed by atoms with van der Waals surface area (Å²) in [6.07, 6.45) is 0. The summed E-state index contributed by atoms with van der Waals surface area (Å²) in [5.41, 5.74) is 4.04. The highest BCUT2D eigenvalue weighted by Gasteiger charge is 2.12. The third-order valence-corrected chi connectivity index (χ3v) is 3.57. The molecule has 4 rings (SSSR count). The van der Waals surface area contributed by atoms with Gasteiger partial charge in [-0.15, -0.1) is 0 Å². The number of rotatable bonds is 0. The number of fused-ring (bicyclic) bond motifs is 5. The van der Waals surface area contributed by atoms with Crippen LogP contribution in [0.5, 0.6) is 0 Å². The smallest absolute Gasteiger partial charge is 0.160 e. The average Bonchev–Trinajstić information content (AvgIpc) is 2.85. The van der Waals surface area contributed by atoms with Crippen LogP contribution in [0.15, 0.2) is 51.4 Å². The second-order valence-electron chi connectivity index (χ2n) is 4.12. The summed E-state index contributed by atoms with van der Waals surface area (Å²) < 4.78 is 6.97. The molecule has 0 saturated carbocycles. The van der Waals surface area contributed by atoms with Gasteiger partial charge in [0, 0.05) is 20.8 Å². The van der Waals surface area contributed by atoms with Crippen molar-refractivity contribution in [3.8, 4) is 0 Å². The van der Waals surface area contributed by atoms with Crippen LogP contribution in [-0.4, -0.2) is 4.98 Å². The Balaban J connectivity index is 2.30. The molecule has 0 atom stereocenters. The lowest BCUT2D eigenvalue weighted by Gasteiger charge is -1.91. The Morgan fingerprint density at radius 1 is 1.00 bits per heavy atom. The Hall–Kier alpha value is -1.74. The maximum absolute atomic E-state index is 5.91. The van der Waals surface area contributed by atoms with Crippen molar-refractivity contribution in [2.45, 2.75) is 0 Å². The molecule has 17 heavy (non-hydrogen) atoms. The highest BCUT2D eigenvalue weighted by atomic mass is 79.9. The van der Waals surface area contributed by atoms with Crippen LogP contribution in [0.4, 0.5) is 0 Å². The zero-order chi connectivity index (χ0) is 11.4. The van der Waals surface area contributed by atoms with Crippen LogP contribution in [0, 0.1) is 0 Å². The third-order valence-electron chi connectivity index (χ3n) is 3.08. The van der Waals surface area contributed by atoms with Gasteiger partial charge < -0.3 is 9.40 Å². The number of hydrogen-bond donors (Lipinski definition) is 1. The molecule has 0 fully saturated rings. The fraction of sp³-hybridized carbons (Fsp3) is 0. The first kappa shape index (κ1) is 9.31. The van der Waals surface area contributed by atoms with Crippen LogP contribution in [0.3, 0.4) is 0 Å². The Bertz CT molecular complexity index is 856. The molecule has 0 aliphatic rings. The van der Waals surface area contributed by atoms with Gasteiger partial charge >= 0.3 is 0 Å². The van der Waals surface area contributed by atoms with E-state index in [4.69, 9.17) is 4.42 Å². The molecule has 2 aromatic carbocycles. The van der Waals surface area contributed by atoms with E-state index in [1.807, 2.05) is 24.3 Å². The largest absolute Gasteiger partial charge is 0.454 e. The molecular weight excluding hydrogens is 278 g/mol. The summed E-state index contributed by atoms with van der Waals surface area (Å²) >= 11 is 3.49. The van der Waals surface area contributed by atoms with Crippen molar-refractivity contribution >= 4 is 48.9 Å². The van der Waals surface area contributed by atoms with Gasteiger partial charge in [-0.1, -0.05) is 28.1 Å². The van der Waals surface area contributed by atoms with E-state index in [1.165, 1.54) is 0 Å². The first-order valence-corrected chi connectivity index (χ1v) is 6.21. The van der Waals surface area contributed by atoms with Gasteiger partial charge in [0.1, 0.15) is 5.58 Å².